The lowest BCUT2D eigenvalue weighted by atomic mass is 9.93. The van der Waals surface area contributed by atoms with Crippen LogP contribution in [0, 0.1) is 11.6 Å². The van der Waals surface area contributed by atoms with Crippen molar-refractivity contribution in [2.45, 2.75) is 12.6 Å². The van der Waals surface area contributed by atoms with Gasteiger partial charge in [0.05, 0.1) is 26.0 Å². The minimum Gasteiger partial charge on any atom is -0.350 e. The summed E-state index contributed by atoms with van der Waals surface area (Å²) < 4.78 is 29.3. The molecule has 3 aromatic heterocycles. The van der Waals surface area contributed by atoms with Crippen LogP contribution in [-0.4, -0.2) is 34.4 Å². The lowest BCUT2D eigenvalue weighted by molar-refractivity contribution is 0.0718. The number of thiophene rings is 1. The number of fused-ring (bicyclic) bond motifs is 4. The Kier molecular flexibility index (Phi) is 4.42. The Morgan fingerprint density at radius 2 is 1.90 bits per heavy atom. The number of nitrogens with zero attached hydrogens (tertiary/aromatic N) is 1. The zero-order chi connectivity index (χ0) is 21.2. The number of rotatable bonds is 2. The molecule has 0 fully saturated rings. The van der Waals surface area contributed by atoms with E-state index >= 15 is 0 Å². The second-order valence-electron chi connectivity index (χ2n) is 7.23. The molecule has 6 nitrogen and oxygen atoms in total. The molecule has 0 spiro atoms. The topological polar surface area (TPSA) is 81.0 Å². The summed E-state index contributed by atoms with van der Waals surface area (Å²) >= 11 is 7.36. The number of carbonyl (C=O) groups excluding carboxylic acids is 1. The van der Waals surface area contributed by atoms with Crippen LogP contribution >= 0.6 is 22.9 Å². The molecule has 0 unspecified atom stereocenters. The van der Waals surface area contributed by atoms with Gasteiger partial charge in [-0.05, 0) is 29.7 Å². The smallest absolute Gasteiger partial charge is 0.270 e. The second-order valence-corrected chi connectivity index (χ2v) is 8.95. The van der Waals surface area contributed by atoms with Crippen LogP contribution in [0.15, 0.2) is 29.1 Å². The van der Waals surface area contributed by atoms with Crippen molar-refractivity contribution >= 4 is 49.8 Å². The van der Waals surface area contributed by atoms with Crippen LogP contribution in [0.25, 0.3) is 21.0 Å². The molecule has 0 saturated heterocycles. The van der Waals surface area contributed by atoms with Gasteiger partial charge in [-0.2, -0.15) is 0 Å². The number of pyridine rings is 1. The third-order valence-electron chi connectivity index (χ3n) is 5.45. The maximum atomic E-state index is 14.0. The van der Waals surface area contributed by atoms with Crippen LogP contribution in [-0.2, 0) is 6.54 Å². The van der Waals surface area contributed by atoms with E-state index in [1.165, 1.54) is 16.2 Å². The number of likely N-dealkylation sites (N-methyl/N-ethyl adjacent to an activating group) is 1. The Hall–Kier alpha value is -2.75. The molecular formula is C20H15ClF2N4O2S. The van der Waals surface area contributed by atoms with Gasteiger partial charge in [-0.15, -0.1) is 11.3 Å². The summed E-state index contributed by atoms with van der Waals surface area (Å²) in [6.07, 6.45) is 0. The van der Waals surface area contributed by atoms with Gasteiger partial charge in [0.1, 0.15) is 5.69 Å². The fourth-order valence-electron chi connectivity index (χ4n) is 4.02. The van der Waals surface area contributed by atoms with Crippen LogP contribution < -0.4 is 10.9 Å². The quantitative estimate of drug-likeness (QED) is 0.435. The number of hydrogen-bond donors (Lipinski definition) is 3. The number of amides is 1. The number of H-pyrrole nitrogens is 2. The van der Waals surface area contributed by atoms with Crippen molar-refractivity contribution in [3.63, 3.8) is 0 Å². The molecule has 1 aliphatic rings. The Bertz CT molecular complexity index is 1360. The molecule has 4 aromatic rings. The molecule has 30 heavy (non-hydrogen) atoms. The average Bonchev–Trinajstić information content (AvgIpc) is 3.25. The monoisotopic (exact) mass is 448 g/mol. The molecule has 0 bridgehead atoms. The van der Waals surface area contributed by atoms with Crippen molar-refractivity contribution in [2.24, 2.45) is 0 Å². The summed E-state index contributed by atoms with van der Waals surface area (Å²) in [6, 6.07) is 4.93. The van der Waals surface area contributed by atoms with Gasteiger partial charge in [0.25, 0.3) is 11.5 Å². The molecule has 0 radical (unpaired) electrons. The van der Waals surface area contributed by atoms with Crippen LogP contribution in [0.4, 0.5) is 8.78 Å². The molecule has 0 saturated carbocycles. The Balaban J connectivity index is 1.61. The van der Waals surface area contributed by atoms with E-state index < -0.39 is 23.2 Å². The van der Waals surface area contributed by atoms with Gasteiger partial charge < -0.3 is 20.2 Å². The minimum atomic E-state index is -1.09. The maximum Gasteiger partial charge on any atom is 0.270 e. The molecule has 3 N–H and O–H groups in total. The molecule has 1 aromatic carbocycles. The Morgan fingerprint density at radius 1 is 1.17 bits per heavy atom. The van der Waals surface area contributed by atoms with Gasteiger partial charge in [0.15, 0.2) is 11.6 Å². The first-order valence-electron chi connectivity index (χ1n) is 9.13. The fourth-order valence-corrected chi connectivity index (χ4v) is 5.16. The predicted octanol–water partition coefficient (Wildman–Crippen LogP) is 3.92. The predicted molar refractivity (Wildman–Crippen MR) is 112 cm³/mol. The SMILES string of the molecule is CN(C(=O)c1cc2sc(Cl)cc2[nH]1)[C@@H]1CNCc2[nH]c(=O)c3cc(F)c(F)cc3c21. The first-order chi connectivity index (χ1) is 14.3. The van der Waals surface area contributed by atoms with Crippen molar-refractivity contribution in [3.8, 4) is 0 Å². The fraction of sp³-hybridized carbons (Fsp3) is 0.200. The third-order valence-corrected chi connectivity index (χ3v) is 6.66. The molecule has 4 heterocycles. The number of aromatic nitrogens is 2. The molecule has 10 heteroatoms. The first-order valence-corrected chi connectivity index (χ1v) is 10.3. The average molecular weight is 449 g/mol. The van der Waals surface area contributed by atoms with Crippen LogP contribution in [0.5, 0.6) is 0 Å². The van der Waals surface area contributed by atoms with Crippen molar-refractivity contribution in [3.05, 3.63) is 67.5 Å². The van der Waals surface area contributed by atoms with E-state index in [2.05, 4.69) is 15.3 Å². The van der Waals surface area contributed by atoms with E-state index in [-0.39, 0.29) is 11.3 Å². The maximum absolute atomic E-state index is 14.0. The van der Waals surface area contributed by atoms with Gasteiger partial charge in [-0.3, -0.25) is 9.59 Å². The summed E-state index contributed by atoms with van der Waals surface area (Å²) in [5.41, 5.74) is 1.83. The lowest BCUT2D eigenvalue weighted by Crippen LogP contribution is -2.42. The lowest BCUT2D eigenvalue weighted by Gasteiger charge is -2.34. The van der Waals surface area contributed by atoms with E-state index in [4.69, 9.17) is 11.6 Å². The molecule has 1 amide bonds. The third kappa shape index (κ3) is 2.92. The van der Waals surface area contributed by atoms with Gasteiger partial charge in [0.2, 0.25) is 0 Å². The van der Waals surface area contributed by atoms with Crippen molar-refractivity contribution < 1.29 is 13.6 Å². The highest BCUT2D eigenvalue weighted by molar-refractivity contribution is 7.22. The van der Waals surface area contributed by atoms with E-state index in [1.807, 2.05) is 0 Å². The van der Waals surface area contributed by atoms with E-state index in [1.54, 1.807) is 19.2 Å². The Morgan fingerprint density at radius 3 is 2.63 bits per heavy atom. The highest BCUT2D eigenvalue weighted by Gasteiger charge is 2.31. The largest absolute Gasteiger partial charge is 0.350 e. The highest BCUT2D eigenvalue weighted by atomic mass is 35.5. The number of carbonyl (C=O) groups is 1. The number of nitrogens with one attached hydrogen (secondary N) is 3. The molecule has 154 valence electrons. The van der Waals surface area contributed by atoms with Gasteiger partial charge in [0, 0.05) is 31.4 Å². The summed E-state index contributed by atoms with van der Waals surface area (Å²) in [6.45, 7) is 0.755. The van der Waals surface area contributed by atoms with Crippen LogP contribution in [0.3, 0.4) is 0 Å². The van der Waals surface area contributed by atoms with Crippen LogP contribution in [0.2, 0.25) is 4.34 Å². The van der Waals surface area contributed by atoms with E-state index in [0.29, 0.717) is 39.8 Å². The molecular weight excluding hydrogens is 434 g/mol. The Labute approximate surface area is 177 Å². The summed E-state index contributed by atoms with van der Waals surface area (Å²) in [5.74, 6) is -2.40. The van der Waals surface area contributed by atoms with Gasteiger partial charge >= 0.3 is 0 Å². The number of hydrogen-bond acceptors (Lipinski definition) is 4. The number of aromatic amines is 2. The molecule has 0 aliphatic carbocycles. The highest BCUT2D eigenvalue weighted by Crippen LogP contribution is 2.34. The zero-order valence-corrected chi connectivity index (χ0v) is 17.2. The molecule has 1 aliphatic heterocycles. The molecule has 1 atom stereocenters. The minimum absolute atomic E-state index is 0.0513. The number of halogens is 3. The summed E-state index contributed by atoms with van der Waals surface area (Å²) in [7, 11) is 1.64. The summed E-state index contributed by atoms with van der Waals surface area (Å²) in [5, 5.41) is 3.52. The second kappa shape index (κ2) is 6.90. The van der Waals surface area contributed by atoms with E-state index in [9.17, 15) is 18.4 Å². The standard InChI is InChI=1S/C20H15ClF2N4O2S/c1-27(20(29)13-4-16-12(25-13)5-17(21)30-16)15-7-24-6-14-18(15)8-2-10(22)11(23)3-9(8)19(28)26-14/h2-5,15,24-25H,6-7H2,1H3,(H,26,28)/t15-/m1/s1. The molecule has 5 rings (SSSR count). The van der Waals surface area contributed by atoms with Crippen molar-refractivity contribution in [1.82, 2.24) is 20.2 Å². The zero-order valence-electron chi connectivity index (χ0n) is 15.6. The summed E-state index contributed by atoms with van der Waals surface area (Å²) in [4.78, 5) is 32.9. The normalized spacial score (nSPS) is 16.2. The van der Waals surface area contributed by atoms with Crippen molar-refractivity contribution in [1.29, 1.82) is 0 Å². The van der Waals surface area contributed by atoms with Crippen molar-refractivity contribution in [2.75, 3.05) is 13.6 Å². The van der Waals surface area contributed by atoms with Gasteiger partial charge in [-0.1, -0.05) is 11.6 Å². The van der Waals surface area contributed by atoms with E-state index in [0.717, 1.165) is 22.3 Å². The first kappa shape index (κ1) is 19.2. The number of benzene rings is 1. The van der Waals surface area contributed by atoms with Crippen LogP contribution in [0.1, 0.15) is 27.8 Å². The van der Waals surface area contributed by atoms with Gasteiger partial charge in [-0.25, -0.2) is 8.78 Å².